The van der Waals surface area contributed by atoms with Gasteiger partial charge in [-0.2, -0.15) is 0 Å². The van der Waals surface area contributed by atoms with Crippen LogP contribution in [0.15, 0.2) is 12.7 Å². The predicted molar refractivity (Wildman–Crippen MR) is 45.3 cm³/mol. The van der Waals surface area contributed by atoms with E-state index in [4.69, 9.17) is 15.3 Å². The Morgan fingerprint density at radius 1 is 1.43 bits per heavy atom. The summed E-state index contributed by atoms with van der Waals surface area (Å²) < 4.78 is 4.37. The molecule has 14 heavy (non-hydrogen) atoms. The van der Waals surface area contributed by atoms with Crippen LogP contribution in [0.25, 0.3) is 0 Å². The van der Waals surface area contributed by atoms with Gasteiger partial charge in [0.05, 0.1) is 0 Å². The van der Waals surface area contributed by atoms with Gasteiger partial charge in [-0.1, -0.05) is 6.58 Å². The molecule has 0 rings (SSSR count). The Bertz CT molecular complexity index is 224. The first-order valence-corrected chi connectivity index (χ1v) is 3.81. The maximum absolute atomic E-state index is 10.6. The van der Waals surface area contributed by atoms with Gasteiger partial charge in [0.15, 0.2) is 5.78 Å². The zero-order valence-corrected chi connectivity index (χ0v) is 7.42. The minimum atomic E-state index is -1.75. The zero-order chi connectivity index (χ0) is 11.1. The van der Waals surface area contributed by atoms with Gasteiger partial charge in [-0.15, -0.1) is 0 Å². The first kappa shape index (κ1) is 12.8. The van der Waals surface area contributed by atoms with E-state index in [1.807, 2.05) is 0 Å². The Morgan fingerprint density at radius 2 is 2.00 bits per heavy atom. The largest absolute Gasteiger partial charge is 0.460 e. The summed E-state index contributed by atoms with van der Waals surface area (Å²) in [6.07, 6.45) is -2.41. The van der Waals surface area contributed by atoms with E-state index in [2.05, 4.69) is 11.3 Å². The molecule has 0 aromatic carbocycles. The van der Waals surface area contributed by atoms with Crippen molar-refractivity contribution in [3.63, 3.8) is 0 Å². The van der Waals surface area contributed by atoms with E-state index in [0.29, 0.717) is 0 Å². The van der Waals surface area contributed by atoms with Crippen molar-refractivity contribution in [2.24, 2.45) is 0 Å². The third kappa shape index (κ3) is 4.13. The van der Waals surface area contributed by atoms with E-state index in [1.54, 1.807) is 0 Å². The molecule has 0 aromatic heterocycles. The molecule has 2 atom stereocenters. The van der Waals surface area contributed by atoms with Crippen LogP contribution in [0.4, 0.5) is 0 Å². The van der Waals surface area contributed by atoms with Crippen LogP contribution < -0.4 is 0 Å². The molecule has 80 valence electrons. The number of hydrogen-bond acceptors (Lipinski definition) is 6. The fourth-order valence-corrected chi connectivity index (χ4v) is 0.626. The number of carbonyl (C=O) groups is 2. The molecule has 0 spiro atoms. The fourth-order valence-electron chi connectivity index (χ4n) is 0.626. The number of aliphatic hydroxyl groups excluding tert-OH is 3. The highest BCUT2D eigenvalue weighted by Crippen LogP contribution is 1.96. The summed E-state index contributed by atoms with van der Waals surface area (Å²) >= 11 is 0. The molecule has 0 amide bonds. The maximum atomic E-state index is 10.6. The minimum Gasteiger partial charge on any atom is -0.460 e. The lowest BCUT2D eigenvalue weighted by molar-refractivity contribution is -0.148. The highest BCUT2D eigenvalue weighted by molar-refractivity contribution is 5.84. The van der Waals surface area contributed by atoms with Crippen LogP contribution in [0.1, 0.15) is 0 Å². The first-order chi connectivity index (χ1) is 6.52. The molecular weight excluding hydrogens is 192 g/mol. The summed E-state index contributed by atoms with van der Waals surface area (Å²) in [4.78, 5) is 21.2. The van der Waals surface area contributed by atoms with Gasteiger partial charge in [-0.25, -0.2) is 4.79 Å². The number of rotatable bonds is 6. The summed E-state index contributed by atoms with van der Waals surface area (Å²) in [6, 6.07) is 0. The maximum Gasteiger partial charge on any atom is 0.330 e. The molecule has 0 unspecified atom stereocenters. The molecule has 0 aliphatic heterocycles. The van der Waals surface area contributed by atoms with Crippen molar-refractivity contribution in [2.45, 2.75) is 12.2 Å². The average Bonchev–Trinajstić information content (AvgIpc) is 2.22. The normalized spacial score (nSPS) is 14.2. The van der Waals surface area contributed by atoms with E-state index in [-0.39, 0.29) is 0 Å². The lowest BCUT2D eigenvalue weighted by atomic mass is 10.1. The minimum absolute atomic E-state index is 0.530. The molecule has 0 bridgehead atoms. The number of carbonyl (C=O) groups excluding carboxylic acids is 2. The third-order valence-electron chi connectivity index (χ3n) is 1.41. The van der Waals surface area contributed by atoms with Crippen molar-refractivity contribution >= 4 is 11.8 Å². The molecule has 0 aromatic rings. The molecule has 0 heterocycles. The highest BCUT2D eigenvalue weighted by atomic mass is 16.5. The lowest BCUT2D eigenvalue weighted by Gasteiger charge is -2.14. The van der Waals surface area contributed by atoms with Crippen molar-refractivity contribution in [1.29, 1.82) is 0 Å². The van der Waals surface area contributed by atoms with Crippen molar-refractivity contribution in [3.05, 3.63) is 12.7 Å². The van der Waals surface area contributed by atoms with Crippen molar-refractivity contribution in [3.8, 4) is 0 Å². The second-order valence-corrected chi connectivity index (χ2v) is 2.47. The molecule has 6 heteroatoms. The van der Waals surface area contributed by atoms with Crippen molar-refractivity contribution in [1.82, 2.24) is 0 Å². The van der Waals surface area contributed by atoms with Crippen molar-refractivity contribution < 1.29 is 29.6 Å². The molecule has 3 N–H and O–H groups in total. The summed E-state index contributed by atoms with van der Waals surface area (Å²) in [5.74, 6) is -1.71. The number of ketones is 1. The fraction of sp³-hybridized carbons (Fsp3) is 0.500. The molecule has 0 saturated carbocycles. The van der Waals surface area contributed by atoms with E-state index in [1.165, 1.54) is 0 Å². The number of Topliss-reactive ketones (excluding diaryl/α,β-unsaturated/α-hetero) is 1. The summed E-state index contributed by atoms with van der Waals surface area (Å²) in [7, 11) is 0. The SMILES string of the molecule is C=CC(=O)OC[C@@H](O)[C@H](O)C(=O)CO. The van der Waals surface area contributed by atoms with Gasteiger partial charge in [0.1, 0.15) is 25.4 Å². The number of esters is 1. The van der Waals surface area contributed by atoms with Gasteiger partial charge >= 0.3 is 5.97 Å². The Morgan fingerprint density at radius 3 is 2.43 bits per heavy atom. The Hall–Kier alpha value is -1.24. The number of aliphatic hydroxyl groups is 3. The predicted octanol–water partition coefficient (Wildman–Crippen LogP) is -2.00. The molecule has 0 saturated heterocycles. The molecule has 0 aliphatic carbocycles. The molecule has 0 radical (unpaired) electrons. The van der Waals surface area contributed by atoms with E-state index in [9.17, 15) is 9.59 Å². The monoisotopic (exact) mass is 204 g/mol. The van der Waals surface area contributed by atoms with E-state index < -0.39 is 37.2 Å². The quantitative estimate of drug-likeness (QED) is 0.341. The highest BCUT2D eigenvalue weighted by Gasteiger charge is 2.24. The van der Waals surface area contributed by atoms with Crippen LogP contribution in [-0.2, 0) is 14.3 Å². The van der Waals surface area contributed by atoms with Crippen LogP contribution in [0.2, 0.25) is 0 Å². The Labute approximate surface area is 80.4 Å². The lowest BCUT2D eigenvalue weighted by Crippen LogP contribution is -2.39. The molecule has 6 nitrogen and oxygen atoms in total. The first-order valence-electron chi connectivity index (χ1n) is 3.81. The van der Waals surface area contributed by atoms with Crippen LogP contribution in [0.5, 0.6) is 0 Å². The second-order valence-electron chi connectivity index (χ2n) is 2.47. The van der Waals surface area contributed by atoms with Gasteiger partial charge in [-0.3, -0.25) is 4.79 Å². The second kappa shape index (κ2) is 6.25. The van der Waals surface area contributed by atoms with Gasteiger partial charge in [0, 0.05) is 6.08 Å². The van der Waals surface area contributed by atoms with Crippen LogP contribution in [-0.4, -0.2) is 52.5 Å². The zero-order valence-electron chi connectivity index (χ0n) is 7.42. The smallest absolute Gasteiger partial charge is 0.330 e. The van der Waals surface area contributed by atoms with Crippen LogP contribution >= 0.6 is 0 Å². The topological polar surface area (TPSA) is 104 Å². The number of ether oxygens (including phenoxy) is 1. The summed E-state index contributed by atoms with van der Waals surface area (Å²) in [5, 5.41) is 26.4. The van der Waals surface area contributed by atoms with Gasteiger partial charge in [-0.05, 0) is 0 Å². The van der Waals surface area contributed by atoms with Crippen molar-refractivity contribution in [2.75, 3.05) is 13.2 Å². The average molecular weight is 204 g/mol. The van der Waals surface area contributed by atoms with Gasteiger partial charge in [0.25, 0.3) is 0 Å². The van der Waals surface area contributed by atoms with E-state index in [0.717, 1.165) is 6.08 Å². The third-order valence-corrected chi connectivity index (χ3v) is 1.41. The van der Waals surface area contributed by atoms with Gasteiger partial charge in [0.2, 0.25) is 0 Å². The summed E-state index contributed by atoms with van der Waals surface area (Å²) in [5.41, 5.74) is 0. The molecule has 0 aliphatic rings. The van der Waals surface area contributed by atoms with Gasteiger partial charge < -0.3 is 20.1 Å². The Kier molecular flexibility index (Phi) is 5.70. The van der Waals surface area contributed by atoms with Crippen LogP contribution in [0.3, 0.4) is 0 Å². The summed E-state index contributed by atoms with van der Waals surface area (Å²) in [6.45, 7) is 1.70. The van der Waals surface area contributed by atoms with Crippen LogP contribution in [0, 0.1) is 0 Å². The number of hydrogen-bond donors (Lipinski definition) is 3. The standard InChI is InChI=1S/C8H12O6/c1-2-7(12)14-4-6(11)8(13)5(10)3-9/h2,6,8-9,11,13H,1,3-4H2/t6-,8-/m1/s1. The van der Waals surface area contributed by atoms with E-state index >= 15 is 0 Å². The molecular formula is C8H12O6. The molecule has 0 fully saturated rings. The Balaban J connectivity index is 3.95.